The van der Waals surface area contributed by atoms with E-state index in [4.69, 9.17) is 36.3 Å². The van der Waals surface area contributed by atoms with Gasteiger partial charge < -0.3 is 36.3 Å². The van der Waals surface area contributed by atoms with Crippen molar-refractivity contribution in [2.24, 2.45) is 10.2 Å². The summed E-state index contributed by atoms with van der Waals surface area (Å²) < 4.78 is 51.1. The Bertz CT molecular complexity index is 8410. The zero-order valence-corrected chi connectivity index (χ0v) is 87.4. The molecule has 7 aliphatic heterocycles. The van der Waals surface area contributed by atoms with Crippen LogP contribution in [0.1, 0.15) is 169 Å². The smallest absolute Gasteiger partial charge is 0.248 e. The van der Waals surface area contributed by atoms with Crippen LogP contribution in [0.2, 0.25) is 0 Å². The second-order valence-electron chi connectivity index (χ2n) is 41.6. The molecule has 0 saturated heterocycles. The van der Waals surface area contributed by atoms with Crippen molar-refractivity contribution >= 4 is 165 Å². The first kappa shape index (κ1) is 94.3. The highest BCUT2D eigenvalue weighted by molar-refractivity contribution is 6.05. The number of benzene rings is 15. The molecule has 0 unspecified atom stereocenters. The van der Waals surface area contributed by atoms with Gasteiger partial charge in [-0.3, -0.25) is 24.5 Å². The standard InChI is InChI=1S/C28H27NO2.C27H27NO.C27H25NO.C25H23N3O.C25H21NO3/c1-18-11-13-24-21(16-18)7-3-9-22-23-17-19(2)12-14-26(23)31-28(22)29(24)25-10-4-6-20-8-5-15-30-27(20)25;2*1-16-6-10-24-21(14-16)8-9-22-23-15-17(2)7-11-25(23)29-27(22)28(24)26-19(4)12-18(3)13-20(26)5;1-14-7-9-22-19(12-14)23-25(29-22)28(24-17(4)10-16(3)11-18(24)5)21-8-6-15(2)13-20(21)26-27-23;1-16-11-12-20-18(14-16)15-28-24-19-8-2-3-10-22(19)29-25(24)26(20)21-9-4-6-17-7-5-13-27-23(17)21/h4,6,10-14,16-17H,3,5,7-9,15H2,1-2H3;6-7,10-15H,8-9H2,1-5H3;6-15H,1-5H3;6-13H,1-5H3;2-4,6,8-12,14H,5,7,13,15H2,1H3. The van der Waals surface area contributed by atoms with E-state index in [1.54, 1.807) is 0 Å². The van der Waals surface area contributed by atoms with Crippen LogP contribution in [0, 0.1) is 125 Å². The number of hydrogen-bond donors (Lipinski definition) is 0. The normalized spacial score (nSPS) is 13.9. The van der Waals surface area contributed by atoms with Gasteiger partial charge in [-0.2, -0.15) is 0 Å². The number of fused-ring (bicyclic) bond motifs is 22. The molecule has 734 valence electrons. The Hall–Kier alpha value is -16.3. The second-order valence-corrected chi connectivity index (χ2v) is 41.6. The highest BCUT2D eigenvalue weighted by Gasteiger charge is 2.38. The van der Waals surface area contributed by atoms with Crippen LogP contribution in [0.5, 0.6) is 17.2 Å². The van der Waals surface area contributed by atoms with Crippen molar-refractivity contribution in [3.8, 4) is 17.2 Å². The largest absolute Gasteiger partial charge is 0.491 e. The molecule has 15 aromatic carbocycles. The molecule has 0 N–H and O–H groups in total. The summed E-state index contributed by atoms with van der Waals surface area (Å²) in [5.41, 5.74) is 51.2. The van der Waals surface area contributed by atoms with Crippen molar-refractivity contribution in [2.75, 3.05) is 37.7 Å². The van der Waals surface area contributed by atoms with Gasteiger partial charge in [-0.25, -0.2) is 0 Å². The molecule has 147 heavy (non-hydrogen) atoms. The third-order valence-electron chi connectivity index (χ3n) is 29.7. The van der Waals surface area contributed by atoms with Gasteiger partial charge in [0.05, 0.1) is 80.9 Å². The SMILES string of the molecule is Cc1cc(C)c(N2c3ccc(C)cc3C=Cc3c2oc2ccc(C)cc32)c(C)c1.Cc1cc(C)c(N2c3ccc(C)cc3CCc3c2oc2ccc(C)cc32)c(C)c1.Cc1cc(C)c(N2c3ccc(C)cc3N=Nc3c2oc2ccc(C)cc32)c(C)c1.Cc1ccc2c(c1)CCCc1c(oc3ccc(C)cc13)N2c1cccc2c1OCCC2.Cc1ccc2c(c1)COc1c(oc3ccccc13)N2c1cccc2c1OCCC2. The van der Waals surface area contributed by atoms with Crippen molar-refractivity contribution in [3.63, 3.8) is 0 Å². The van der Waals surface area contributed by atoms with Gasteiger partial charge in [0.25, 0.3) is 0 Å². The van der Waals surface area contributed by atoms with Crippen molar-refractivity contribution in [3.05, 3.63) is 411 Å². The van der Waals surface area contributed by atoms with Crippen LogP contribution < -0.4 is 38.7 Å². The van der Waals surface area contributed by atoms with Gasteiger partial charge >= 0.3 is 0 Å². The zero-order valence-electron chi connectivity index (χ0n) is 87.4. The molecule has 0 bridgehead atoms. The van der Waals surface area contributed by atoms with E-state index in [0.717, 1.165) is 212 Å². The predicted octanol–water partition coefficient (Wildman–Crippen LogP) is 37.4. The van der Waals surface area contributed by atoms with Gasteiger partial charge in [0.1, 0.15) is 51.7 Å². The Morgan fingerprint density at radius 1 is 0.231 bits per heavy atom. The molecule has 27 rings (SSSR count). The van der Waals surface area contributed by atoms with E-state index in [0.29, 0.717) is 18.4 Å². The number of azo groups is 1. The molecule has 7 aliphatic rings. The molecular weight excluding hydrogens is 1810 g/mol. The number of anilines is 15. The number of furan rings is 5. The fourth-order valence-electron chi connectivity index (χ4n) is 23.3. The van der Waals surface area contributed by atoms with Gasteiger partial charge in [-0.15, -0.1) is 10.2 Å². The molecule has 0 radical (unpaired) electrons. The van der Waals surface area contributed by atoms with Crippen LogP contribution in [-0.4, -0.2) is 13.2 Å². The maximum atomic E-state index is 6.60. The molecule has 0 saturated carbocycles. The lowest BCUT2D eigenvalue weighted by Gasteiger charge is -2.31. The van der Waals surface area contributed by atoms with E-state index >= 15 is 0 Å². The van der Waals surface area contributed by atoms with Gasteiger partial charge in [-0.1, -0.05) is 213 Å². The Morgan fingerprint density at radius 2 is 0.626 bits per heavy atom. The summed E-state index contributed by atoms with van der Waals surface area (Å²) in [5, 5.41) is 14.9. The number of rotatable bonds is 5. The molecule has 0 amide bonds. The second kappa shape index (κ2) is 38.4. The molecule has 20 aromatic rings. The number of ether oxygens (including phenoxy) is 3. The van der Waals surface area contributed by atoms with Crippen molar-refractivity contribution < 1.29 is 36.3 Å². The third kappa shape index (κ3) is 17.5. The Kier molecular flexibility index (Phi) is 24.6. The van der Waals surface area contributed by atoms with Crippen LogP contribution >= 0.6 is 0 Å². The quantitative estimate of drug-likeness (QED) is 0.162. The molecule has 0 spiro atoms. The molecule has 0 fully saturated rings. The molecule has 5 aromatic heterocycles. The molecular formula is C132H123N7O8. The molecule has 0 atom stereocenters. The first-order valence-corrected chi connectivity index (χ1v) is 51.8. The van der Waals surface area contributed by atoms with Crippen LogP contribution in [0.4, 0.5) is 97.7 Å². The van der Waals surface area contributed by atoms with Crippen molar-refractivity contribution in [1.29, 1.82) is 0 Å². The fourth-order valence-corrected chi connectivity index (χ4v) is 23.3. The van der Waals surface area contributed by atoms with Crippen LogP contribution in [0.15, 0.2) is 293 Å². The zero-order chi connectivity index (χ0) is 101. The van der Waals surface area contributed by atoms with Crippen molar-refractivity contribution in [1.82, 2.24) is 0 Å². The summed E-state index contributed by atoms with van der Waals surface area (Å²) in [6, 6.07) is 93.0. The monoisotopic (exact) mass is 1930 g/mol. The lowest BCUT2D eigenvalue weighted by atomic mass is 9.95. The number of aryl methyl sites for hydroxylation is 24. The first-order chi connectivity index (χ1) is 71.2. The number of hydrogen-bond acceptors (Lipinski definition) is 15. The Labute approximate surface area is 860 Å². The molecule has 15 nitrogen and oxygen atoms in total. The van der Waals surface area contributed by atoms with E-state index < -0.39 is 0 Å². The predicted molar refractivity (Wildman–Crippen MR) is 604 cm³/mol. The topological polar surface area (TPSA) is 134 Å². The Balaban J connectivity index is 0.000000101. The average molecular weight is 1940 g/mol. The summed E-state index contributed by atoms with van der Waals surface area (Å²) in [5.74, 6) is 6.95. The highest BCUT2D eigenvalue weighted by atomic mass is 16.5. The van der Waals surface area contributed by atoms with E-state index in [2.05, 4.69) is 402 Å². The van der Waals surface area contributed by atoms with Crippen molar-refractivity contribution in [2.45, 2.75) is 189 Å². The van der Waals surface area contributed by atoms with E-state index in [-0.39, 0.29) is 0 Å². The van der Waals surface area contributed by atoms with E-state index in [1.807, 2.05) is 30.3 Å². The molecule has 15 heteroatoms. The molecule has 12 heterocycles. The highest BCUT2D eigenvalue weighted by Crippen LogP contribution is 2.59. The average Bonchev–Trinajstić information content (AvgIpc) is 1.61. The third-order valence-corrected chi connectivity index (χ3v) is 29.7. The lowest BCUT2D eigenvalue weighted by molar-refractivity contribution is 0.289. The summed E-state index contributed by atoms with van der Waals surface area (Å²) in [6.07, 6.45) is 13.8. The summed E-state index contributed by atoms with van der Waals surface area (Å²) >= 11 is 0. The summed E-state index contributed by atoms with van der Waals surface area (Å²) in [6.45, 7) is 40.7. The number of nitrogens with zero attached hydrogens (tertiary/aromatic N) is 7. The van der Waals surface area contributed by atoms with Crippen LogP contribution in [-0.2, 0) is 45.1 Å². The summed E-state index contributed by atoms with van der Waals surface area (Å²) in [4.78, 5) is 11.4. The van der Waals surface area contributed by atoms with Gasteiger partial charge in [0, 0.05) is 38.4 Å². The van der Waals surface area contributed by atoms with Gasteiger partial charge in [0.2, 0.25) is 29.4 Å². The minimum atomic E-state index is 0.500. The minimum Gasteiger partial charge on any atom is -0.491 e. The first-order valence-electron chi connectivity index (χ1n) is 51.8. The lowest BCUT2D eigenvalue weighted by Crippen LogP contribution is -2.18. The summed E-state index contributed by atoms with van der Waals surface area (Å²) in [7, 11) is 0. The van der Waals surface area contributed by atoms with Gasteiger partial charge in [-0.05, 0) is 371 Å². The maximum Gasteiger partial charge on any atom is 0.248 e. The fraction of sp³-hybridized carbons (Fsp3) is 0.227. The van der Waals surface area contributed by atoms with E-state index in [9.17, 15) is 0 Å². The maximum absolute atomic E-state index is 6.60. The number of para-hydroxylation sites is 3. The van der Waals surface area contributed by atoms with Crippen LogP contribution in [0.25, 0.3) is 67.0 Å². The Morgan fingerprint density at radius 3 is 1.19 bits per heavy atom. The minimum absolute atomic E-state index is 0.500. The molecule has 0 aliphatic carbocycles. The van der Waals surface area contributed by atoms with Gasteiger partial charge in [0.15, 0.2) is 11.4 Å². The van der Waals surface area contributed by atoms with E-state index in [1.165, 1.54) is 167 Å². The van der Waals surface area contributed by atoms with Crippen LogP contribution in [0.3, 0.4) is 0 Å².